The molecule has 0 aliphatic heterocycles. The van der Waals surface area contributed by atoms with Crippen molar-refractivity contribution in [3.63, 3.8) is 0 Å². The average Bonchev–Trinajstić information content (AvgIpc) is 2.68. The van der Waals surface area contributed by atoms with Crippen LogP contribution in [0.3, 0.4) is 0 Å². The van der Waals surface area contributed by atoms with Crippen molar-refractivity contribution in [1.82, 2.24) is 9.62 Å². The zero-order valence-corrected chi connectivity index (χ0v) is 16.8. The minimum absolute atomic E-state index is 0.182. The molecule has 2 aromatic carbocycles. The van der Waals surface area contributed by atoms with E-state index in [4.69, 9.17) is 4.74 Å². The third kappa shape index (κ3) is 5.38. The summed E-state index contributed by atoms with van der Waals surface area (Å²) in [5, 5.41) is 2.84. The van der Waals surface area contributed by atoms with E-state index in [0.29, 0.717) is 31.8 Å². The molecule has 27 heavy (non-hydrogen) atoms. The van der Waals surface area contributed by atoms with Crippen molar-refractivity contribution < 1.29 is 17.9 Å². The first kappa shape index (κ1) is 21.1. The zero-order valence-electron chi connectivity index (χ0n) is 15.9. The second-order valence-electron chi connectivity index (χ2n) is 6.05. The van der Waals surface area contributed by atoms with Gasteiger partial charge in [0, 0.05) is 32.3 Å². The predicted octanol–water partition coefficient (Wildman–Crippen LogP) is 2.79. The maximum absolute atomic E-state index is 12.5. The molecule has 0 radical (unpaired) electrons. The van der Waals surface area contributed by atoms with E-state index in [2.05, 4.69) is 5.32 Å². The highest BCUT2D eigenvalue weighted by Gasteiger charge is 2.21. The van der Waals surface area contributed by atoms with E-state index in [9.17, 15) is 13.2 Å². The van der Waals surface area contributed by atoms with Crippen LogP contribution in [-0.2, 0) is 27.9 Å². The number of nitrogens with one attached hydrogen (secondary N) is 1. The molecule has 6 nitrogen and oxygen atoms in total. The lowest BCUT2D eigenvalue weighted by Gasteiger charge is -2.18. The number of carbonyl (C=O) groups is 1. The first-order chi connectivity index (χ1) is 12.9. The van der Waals surface area contributed by atoms with Crippen LogP contribution in [0.25, 0.3) is 0 Å². The number of nitrogens with zero attached hydrogens (tertiary/aromatic N) is 1. The number of hydrogen-bond donors (Lipinski definition) is 1. The van der Waals surface area contributed by atoms with Gasteiger partial charge in [0.25, 0.3) is 5.91 Å². The van der Waals surface area contributed by atoms with Crippen LogP contribution in [0.4, 0.5) is 0 Å². The fourth-order valence-corrected chi connectivity index (χ4v) is 4.15. The van der Waals surface area contributed by atoms with Gasteiger partial charge in [-0.1, -0.05) is 38.1 Å². The van der Waals surface area contributed by atoms with E-state index in [1.165, 1.54) is 4.31 Å². The second-order valence-corrected chi connectivity index (χ2v) is 7.98. The molecular formula is C20H26N2O4S. The van der Waals surface area contributed by atoms with Crippen LogP contribution in [0, 0.1) is 0 Å². The molecule has 0 saturated carbocycles. The molecule has 2 rings (SSSR count). The van der Waals surface area contributed by atoms with Crippen LogP contribution in [-0.4, -0.2) is 38.8 Å². The van der Waals surface area contributed by atoms with Crippen molar-refractivity contribution in [3.8, 4) is 0 Å². The third-order valence-electron chi connectivity index (χ3n) is 4.25. The number of ether oxygens (including phenoxy) is 1. The van der Waals surface area contributed by atoms with E-state index in [-0.39, 0.29) is 10.8 Å². The SMILES string of the molecule is CCN(CC)S(=O)(=O)c1ccc(CNC(=O)c2ccc(COC)cc2)cc1. The summed E-state index contributed by atoms with van der Waals surface area (Å²) in [5.41, 5.74) is 2.40. The van der Waals surface area contributed by atoms with E-state index in [0.717, 1.165) is 11.1 Å². The van der Waals surface area contributed by atoms with Gasteiger partial charge in [0.15, 0.2) is 0 Å². The van der Waals surface area contributed by atoms with Crippen LogP contribution in [0.2, 0.25) is 0 Å². The molecule has 2 aromatic rings. The van der Waals surface area contributed by atoms with Gasteiger partial charge in [0.05, 0.1) is 11.5 Å². The van der Waals surface area contributed by atoms with E-state index in [1.54, 1.807) is 43.5 Å². The molecule has 1 N–H and O–H groups in total. The predicted molar refractivity (Wildman–Crippen MR) is 105 cm³/mol. The van der Waals surface area contributed by atoms with Gasteiger partial charge in [0.1, 0.15) is 0 Å². The minimum atomic E-state index is -3.47. The Morgan fingerprint density at radius 3 is 2.04 bits per heavy atom. The molecule has 1 amide bonds. The maximum atomic E-state index is 12.5. The average molecular weight is 391 g/mol. The molecule has 0 aliphatic carbocycles. The molecule has 0 bridgehead atoms. The highest BCUT2D eigenvalue weighted by molar-refractivity contribution is 7.89. The smallest absolute Gasteiger partial charge is 0.251 e. The number of rotatable bonds is 9. The number of amides is 1. The van der Waals surface area contributed by atoms with Crippen LogP contribution in [0.5, 0.6) is 0 Å². The molecule has 0 aliphatic rings. The highest BCUT2D eigenvalue weighted by Crippen LogP contribution is 2.16. The molecule has 0 aromatic heterocycles. The summed E-state index contributed by atoms with van der Waals surface area (Å²) in [5.74, 6) is -0.182. The molecule has 0 saturated heterocycles. The summed E-state index contributed by atoms with van der Waals surface area (Å²) in [6.45, 7) is 5.31. The number of benzene rings is 2. The molecular weight excluding hydrogens is 364 g/mol. The van der Waals surface area contributed by atoms with Gasteiger partial charge in [-0.05, 0) is 35.4 Å². The monoisotopic (exact) mass is 390 g/mol. The lowest BCUT2D eigenvalue weighted by Crippen LogP contribution is -2.30. The van der Waals surface area contributed by atoms with Gasteiger partial charge in [-0.25, -0.2) is 8.42 Å². The van der Waals surface area contributed by atoms with Crippen LogP contribution in [0.1, 0.15) is 35.3 Å². The fourth-order valence-electron chi connectivity index (χ4n) is 2.70. The molecule has 0 unspecified atom stereocenters. The molecule has 7 heteroatoms. The standard InChI is InChI=1S/C20H26N2O4S/c1-4-22(5-2)27(24,25)19-12-8-16(9-13-19)14-21-20(23)18-10-6-17(7-11-18)15-26-3/h6-13H,4-5,14-15H2,1-3H3,(H,21,23). The van der Waals surface area contributed by atoms with E-state index < -0.39 is 10.0 Å². The van der Waals surface area contributed by atoms with Crippen LogP contribution in [0.15, 0.2) is 53.4 Å². The quantitative estimate of drug-likeness (QED) is 0.714. The van der Waals surface area contributed by atoms with Crippen LogP contribution < -0.4 is 5.32 Å². The van der Waals surface area contributed by atoms with Crippen molar-refractivity contribution in [2.75, 3.05) is 20.2 Å². The Morgan fingerprint density at radius 1 is 0.963 bits per heavy atom. The Hall–Kier alpha value is -2.22. The summed E-state index contributed by atoms with van der Waals surface area (Å²) in [4.78, 5) is 12.5. The Balaban J connectivity index is 1.99. The largest absolute Gasteiger partial charge is 0.380 e. The minimum Gasteiger partial charge on any atom is -0.380 e. The van der Waals surface area contributed by atoms with E-state index >= 15 is 0 Å². The fraction of sp³-hybridized carbons (Fsp3) is 0.350. The van der Waals surface area contributed by atoms with Gasteiger partial charge < -0.3 is 10.1 Å². The lowest BCUT2D eigenvalue weighted by molar-refractivity contribution is 0.0950. The van der Waals surface area contributed by atoms with Gasteiger partial charge in [-0.3, -0.25) is 4.79 Å². The number of hydrogen-bond acceptors (Lipinski definition) is 4. The Bertz CT molecular complexity index is 843. The first-order valence-electron chi connectivity index (χ1n) is 8.87. The van der Waals surface area contributed by atoms with E-state index in [1.807, 2.05) is 26.0 Å². The Morgan fingerprint density at radius 2 is 1.52 bits per heavy atom. The Kier molecular flexibility index (Phi) is 7.53. The summed E-state index contributed by atoms with van der Waals surface area (Å²) >= 11 is 0. The number of sulfonamides is 1. The molecule has 0 atom stereocenters. The maximum Gasteiger partial charge on any atom is 0.251 e. The molecule has 0 spiro atoms. The normalized spacial score (nSPS) is 11.6. The van der Waals surface area contributed by atoms with Crippen molar-refractivity contribution in [2.45, 2.75) is 31.9 Å². The van der Waals surface area contributed by atoms with Crippen molar-refractivity contribution in [1.29, 1.82) is 0 Å². The highest BCUT2D eigenvalue weighted by atomic mass is 32.2. The van der Waals surface area contributed by atoms with Crippen molar-refractivity contribution >= 4 is 15.9 Å². The van der Waals surface area contributed by atoms with Crippen LogP contribution >= 0.6 is 0 Å². The lowest BCUT2D eigenvalue weighted by atomic mass is 10.1. The molecule has 146 valence electrons. The second kappa shape index (κ2) is 9.64. The molecule has 0 fully saturated rings. The van der Waals surface area contributed by atoms with Gasteiger partial charge in [0.2, 0.25) is 10.0 Å². The molecule has 0 heterocycles. The third-order valence-corrected chi connectivity index (χ3v) is 6.31. The summed E-state index contributed by atoms with van der Waals surface area (Å²) < 4.78 is 31.4. The topological polar surface area (TPSA) is 75.7 Å². The summed E-state index contributed by atoms with van der Waals surface area (Å²) in [7, 11) is -1.84. The first-order valence-corrected chi connectivity index (χ1v) is 10.3. The van der Waals surface area contributed by atoms with Gasteiger partial charge in [-0.15, -0.1) is 0 Å². The van der Waals surface area contributed by atoms with Crippen molar-refractivity contribution in [3.05, 3.63) is 65.2 Å². The van der Waals surface area contributed by atoms with Gasteiger partial charge in [-0.2, -0.15) is 4.31 Å². The zero-order chi connectivity index (χ0) is 19.9. The number of carbonyl (C=O) groups excluding carboxylic acids is 1. The van der Waals surface area contributed by atoms with Gasteiger partial charge >= 0.3 is 0 Å². The number of methoxy groups -OCH3 is 1. The summed E-state index contributed by atoms with van der Waals surface area (Å²) in [6, 6.07) is 13.8. The summed E-state index contributed by atoms with van der Waals surface area (Å²) in [6.07, 6.45) is 0. The van der Waals surface area contributed by atoms with Crippen molar-refractivity contribution in [2.24, 2.45) is 0 Å². The Labute approximate surface area is 161 Å².